The zero-order chi connectivity index (χ0) is 25.4. The molecule has 35 heavy (non-hydrogen) atoms. The second-order valence-electron chi connectivity index (χ2n) is 8.80. The number of sulfonamides is 1. The molecule has 0 radical (unpaired) electrons. The van der Waals surface area contributed by atoms with Crippen LogP contribution in [0.2, 0.25) is 0 Å². The van der Waals surface area contributed by atoms with Crippen LogP contribution in [-0.4, -0.2) is 94.6 Å². The lowest BCUT2D eigenvalue weighted by atomic mass is 9.90. The van der Waals surface area contributed by atoms with Crippen molar-refractivity contribution in [1.82, 2.24) is 9.21 Å². The van der Waals surface area contributed by atoms with Crippen LogP contribution in [0, 0.1) is 11.8 Å². The van der Waals surface area contributed by atoms with Gasteiger partial charge < -0.3 is 29.0 Å². The topological polar surface area (TPSA) is 115 Å². The maximum atomic E-state index is 13.1. The lowest BCUT2D eigenvalue weighted by molar-refractivity contribution is -0.158. The molecule has 1 N–H and O–H groups in total. The average molecular weight is 513 g/mol. The van der Waals surface area contributed by atoms with Gasteiger partial charge in [0.05, 0.1) is 38.4 Å². The molecule has 10 nitrogen and oxygen atoms in total. The number of allylic oxidation sites excluding steroid dienone is 1. The van der Waals surface area contributed by atoms with Crippen molar-refractivity contribution in [2.24, 2.45) is 11.8 Å². The number of ether oxygens (including phenoxy) is 4. The molecular weight excluding hydrogens is 476 g/mol. The van der Waals surface area contributed by atoms with Crippen molar-refractivity contribution < 1.29 is 37.3 Å². The summed E-state index contributed by atoms with van der Waals surface area (Å²) < 4.78 is 49.6. The summed E-state index contributed by atoms with van der Waals surface area (Å²) in [6, 6.07) is 6.07. The summed E-state index contributed by atoms with van der Waals surface area (Å²) in [5.74, 6) is 0.992. The molecule has 3 rings (SSSR count). The minimum Gasteiger partial charge on any atom is -0.497 e. The van der Waals surface area contributed by atoms with Crippen molar-refractivity contribution in [3.8, 4) is 5.75 Å². The molecule has 11 heteroatoms. The standard InChI is InChI=1S/C24H36N2O8S/c1-18(2)19-16-22(24(28)25-9-13-32-14-10-25)34-23(17-19)33-15-11-26(8-12-27)35(29,30)21-6-4-20(31-3)5-7-21/h4-7,16,18-19,23,27H,8-15,17H2,1-3H3/t19-,23+/m1/s1. The van der Waals surface area contributed by atoms with Crippen molar-refractivity contribution in [1.29, 1.82) is 0 Å². The van der Waals surface area contributed by atoms with Crippen LogP contribution in [0.5, 0.6) is 5.75 Å². The van der Waals surface area contributed by atoms with Crippen LogP contribution in [-0.2, 0) is 29.0 Å². The molecular formula is C24H36N2O8S. The lowest BCUT2D eigenvalue weighted by Gasteiger charge is -2.34. The van der Waals surface area contributed by atoms with E-state index in [1.54, 1.807) is 17.0 Å². The van der Waals surface area contributed by atoms with E-state index in [2.05, 4.69) is 13.8 Å². The Morgan fingerprint density at radius 3 is 2.49 bits per heavy atom. The molecule has 0 spiro atoms. The third-order valence-electron chi connectivity index (χ3n) is 6.14. The zero-order valence-corrected chi connectivity index (χ0v) is 21.4. The number of benzene rings is 1. The Labute approximate surface area is 207 Å². The maximum absolute atomic E-state index is 13.1. The SMILES string of the molecule is COc1ccc(S(=O)(=O)N(CCO)CCO[C@@H]2C[C@H](C(C)C)C=C(C(=O)N3CCOCC3)O2)cc1. The fraction of sp³-hybridized carbons (Fsp3) is 0.625. The van der Waals surface area contributed by atoms with Gasteiger partial charge in [-0.05, 0) is 42.2 Å². The van der Waals surface area contributed by atoms with E-state index in [0.29, 0.717) is 38.5 Å². The Kier molecular flexibility index (Phi) is 9.93. The number of carbonyl (C=O) groups excluding carboxylic acids is 1. The molecule has 1 aromatic carbocycles. The van der Waals surface area contributed by atoms with Gasteiger partial charge in [0.15, 0.2) is 5.76 Å². The van der Waals surface area contributed by atoms with Gasteiger partial charge in [-0.2, -0.15) is 4.31 Å². The first kappa shape index (κ1) is 27.4. The number of aliphatic hydroxyl groups excluding tert-OH is 1. The van der Waals surface area contributed by atoms with E-state index < -0.39 is 16.3 Å². The molecule has 1 saturated heterocycles. The Balaban J connectivity index is 1.64. The molecule has 1 fully saturated rings. The average Bonchev–Trinajstić information content (AvgIpc) is 2.88. The van der Waals surface area contributed by atoms with Crippen LogP contribution in [0.15, 0.2) is 41.0 Å². The fourth-order valence-corrected chi connectivity index (χ4v) is 5.39. The van der Waals surface area contributed by atoms with Gasteiger partial charge in [0.2, 0.25) is 16.3 Å². The third-order valence-corrected chi connectivity index (χ3v) is 8.06. The quantitative estimate of drug-likeness (QED) is 0.474. The van der Waals surface area contributed by atoms with Crippen molar-refractivity contribution in [3.05, 3.63) is 36.1 Å². The number of methoxy groups -OCH3 is 1. The predicted octanol–water partition coefficient (Wildman–Crippen LogP) is 1.46. The van der Waals surface area contributed by atoms with E-state index in [4.69, 9.17) is 18.9 Å². The summed E-state index contributed by atoms with van der Waals surface area (Å²) in [4.78, 5) is 14.8. The van der Waals surface area contributed by atoms with Gasteiger partial charge in [0.1, 0.15) is 5.75 Å². The van der Waals surface area contributed by atoms with Crippen LogP contribution in [0.25, 0.3) is 0 Å². The van der Waals surface area contributed by atoms with E-state index in [9.17, 15) is 18.3 Å². The third kappa shape index (κ3) is 7.17. The number of carbonyl (C=O) groups is 1. The van der Waals surface area contributed by atoms with Gasteiger partial charge in [-0.25, -0.2) is 8.42 Å². The first-order valence-corrected chi connectivity index (χ1v) is 13.3. The second kappa shape index (κ2) is 12.7. The summed E-state index contributed by atoms with van der Waals surface area (Å²) in [6.07, 6.45) is 1.75. The summed E-state index contributed by atoms with van der Waals surface area (Å²) in [5, 5.41) is 9.44. The molecule has 2 atom stereocenters. The van der Waals surface area contributed by atoms with E-state index >= 15 is 0 Å². The summed E-state index contributed by atoms with van der Waals surface area (Å²) in [6.45, 7) is 5.83. The molecule has 1 aromatic rings. The van der Waals surface area contributed by atoms with Gasteiger partial charge in [0.25, 0.3) is 5.91 Å². The highest BCUT2D eigenvalue weighted by molar-refractivity contribution is 7.89. The number of nitrogens with zero attached hydrogens (tertiary/aromatic N) is 2. The zero-order valence-electron chi connectivity index (χ0n) is 20.6. The van der Waals surface area contributed by atoms with Crippen molar-refractivity contribution >= 4 is 15.9 Å². The predicted molar refractivity (Wildman–Crippen MR) is 128 cm³/mol. The van der Waals surface area contributed by atoms with Crippen LogP contribution in [0.1, 0.15) is 20.3 Å². The molecule has 0 aromatic heterocycles. The monoisotopic (exact) mass is 512 g/mol. The van der Waals surface area contributed by atoms with Crippen molar-refractivity contribution in [2.45, 2.75) is 31.5 Å². The van der Waals surface area contributed by atoms with E-state index in [0.717, 1.165) is 0 Å². The number of morpholine rings is 1. The molecule has 2 heterocycles. The molecule has 196 valence electrons. The Morgan fingerprint density at radius 1 is 1.20 bits per heavy atom. The van der Waals surface area contributed by atoms with Crippen LogP contribution in [0.3, 0.4) is 0 Å². The first-order valence-electron chi connectivity index (χ1n) is 11.9. The Bertz CT molecular complexity index is 958. The molecule has 0 unspecified atom stereocenters. The summed E-state index contributed by atoms with van der Waals surface area (Å²) in [7, 11) is -2.34. The highest BCUT2D eigenvalue weighted by atomic mass is 32.2. The minimum absolute atomic E-state index is 0.0254. The Morgan fingerprint density at radius 2 is 1.89 bits per heavy atom. The van der Waals surface area contributed by atoms with Crippen LogP contribution < -0.4 is 4.74 Å². The van der Waals surface area contributed by atoms with E-state index in [1.165, 1.54) is 23.5 Å². The van der Waals surface area contributed by atoms with Crippen molar-refractivity contribution in [3.63, 3.8) is 0 Å². The van der Waals surface area contributed by atoms with Crippen LogP contribution >= 0.6 is 0 Å². The molecule has 2 aliphatic heterocycles. The van der Waals surface area contributed by atoms with Gasteiger partial charge in [-0.15, -0.1) is 0 Å². The maximum Gasteiger partial charge on any atom is 0.288 e. The van der Waals surface area contributed by atoms with Gasteiger partial charge in [-0.1, -0.05) is 13.8 Å². The lowest BCUT2D eigenvalue weighted by Crippen LogP contribution is -2.43. The highest BCUT2D eigenvalue weighted by Crippen LogP contribution is 2.30. The number of hydrogen-bond acceptors (Lipinski definition) is 8. The molecule has 0 saturated carbocycles. The Hall–Kier alpha value is -2.18. The molecule has 0 aliphatic carbocycles. The van der Waals surface area contributed by atoms with Gasteiger partial charge in [-0.3, -0.25) is 4.79 Å². The summed E-state index contributed by atoms with van der Waals surface area (Å²) >= 11 is 0. The smallest absolute Gasteiger partial charge is 0.288 e. The largest absolute Gasteiger partial charge is 0.497 e. The number of aliphatic hydroxyl groups is 1. The fourth-order valence-electron chi connectivity index (χ4n) is 3.97. The van der Waals surface area contributed by atoms with Crippen LogP contribution in [0.4, 0.5) is 0 Å². The minimum atomic E-state index is -3.84. The number of hydrogen-bond donors (Lipinski definition) is 1. The first-order chi connectivity index (χ1) is 16.8. The van der Waals surface area contributed by atoms with Gasteiger partial charge in [0, 0.05) is 32.6 Å². The summed E-state index contributed by atoms with van der Waals surface area (Å²) in [5.41, 5.74) is 0. The van der Waals surface area contributed by atoms with Gasteiger partial charge >= 0.3 is 0 Å². The number of rotatable bonds is 11. The normalized spacial score (nSPS) is 21.1. The van der Waals surface area contributed by atoms with Crippen molar-refractivity contribution in [2.75, 3.05) is 59.7 Å². The number of amides is 1. The molecule has 0 bridgehead atoms. The molecule has 2 aliphatic rings. The molecule has 1 amide bonds. The highest BCUT2D eigenvalue weighted by Gasteiger charge is 2.32. The van der Waals surface area contributed by atoms with E-state index in [1.807, 2.05) is 6.08 Å². The van der Waals surface area contributed by atoms with E-state index in [-0.39, 0.29) is 54.7 Å². The second-order valence-corrected chi connectivity index (χ2v) is 10.7.